The van der Waals surface area contributed by atoms with Crippen molar-refractivity contribution in [2.75, 3.05) is 32.9 Å². The summed E-state index contributed by atoms with van der Waals surface area (Å²) in [5.74, 6) is 1.70. The molecule has 0 bridgehead atoms. The normalized spacial score (nSPS) is 31.6. The number of aromatic nitrogens is 1. The first-order valence-corrected chi connectivity index (χ1v) is 9.57. The summed E-state index contributed by atoms with van der Waals surface area (Å²) < 4.78 is 17.6. The highest BCUT2D eigenvalue weighted by Gasteiger charge is 2.46. The fourth-order valence-corrected chi connectivity index (χ4v) is 4.54. The van der Waals surface area contributed by atoms with Crippen molar-refractivity contribution in [3.63, 3.8) is 0 Å². The lowest BCUT2D eigenvalue weighted by atomic mass is 9.73. The molecular formula is C19H30N2O3. The Morgan fingerprint density at radius 2 is 2.25 bits per heavy atom. The number of nitrogens with zero attached hydrogens (tertiary/aromatic N) is 2. The SMILES string of the molecule is Cc1cc(CN2CC[C@@H]3OCCC[C@@]3(COCC3CCC3)C2)no1. The molecule has 1 aromatic rings. The third-order valence-corrected chi connectivity index (χ3v) is 6.10. The molecule has 24 heavy (non-hydrogen) atoms. The molecule has 0 N–H and O–H groups in total. The number of aryl methyl sites for hydroxylation is 1. The fourth-order valence-electron chi connectivity index (χ4n) is 4.54. The quantitative estimate of drug-likeness (QED) is 0.800. The van der Waals surface area contributed by atoms with Crippen molar-refractivity contribution >= 4 is 0 Å². The monoisotopic (exact) mass is 334 g/mol. The first kappa shape index (κ1) is 16.6. The molecule has 0 unspecified atom stereocenters. The molecule has 2 aliphatic heterocycles. The maximum atomic E-state index is 6.20. The second-order valence-electron chi connectivity index (χ2n) is 8.07. The van der Waals surface area contributed by atoms with Crippen LogP contribution in [0.25, 0.3) is 0 Å². The van der Waals surface area contributed by atoms with Crippen LogP contribution in [0.2, 0.25) is 0 Å². The summed E-state index contributed by atoms with van der Waals surface area (Å²) in [7, 11) is 0. The molecule has 1 aliphatic carbocycles. The summed E-state index contributed by atoms with van der Waals surface area (Å²) in [6, 6.07) is 2.04. The van der Waals surface area contributed by atoms with Gasteiger partial charge >= 0.3 is 0 Å². The zero-order valence-electron chi connectivity index (χ0n) is 14.8. The molecule has 4 rings (SSSR count). The van der Waals surface area contributed by atoms with Crippen LogP contribution in [0.5, 0.6) is 0 Å². The van der Waals surface area contributed by atoms with E-state index in [0.29, 0.717) is 6.10 Å². The van der Waals surface area contributed by atoms with Gasteiger partial charge in [-0.2, -0.15) is 0 Å². The smallest absolute Gasteiger partial charge is 0.133 e. The summed E-state index contributed by atoms with van der Waals surface area (Å²) in [4.78, 5) is 2.51. The lowest BCUT2D eigenvalue weighted by Crippen LogP contribution is -2.56. The number of piperidine rings is 1. The predicted octanol–water partition coefficient (Wildman–Crippen LogP) is 3.17. The van der Waals surface area contributed by atoms with Gasteiger partial charge in [-0.3, -0.25) is 4.90 Å². The maximum Gasteiger partial charge on any atom is 0.133 e. The molecule has 3 heterocycles. The highest BCUT2D eigenvalue weighted by molar-refractivity contribution is 5.05. The Hall–Kier alpha value is -0.910. The second kappa shape index (κ2) is 7.14. The van der Waals surface area contributed by atoms with Crippen LogP contribution in [0.4, 0.5) is 0 Å². The van der Waals surface area contributed by atoms with E-state index < -0.39 is 0 Å². The van der Waals surface area contributed by atoms with E-state index in [1.165, 1.54) is 25.7 Å². The van der Waals surface area contributed by atoms with E-state index in [1.54, 1.807) is 0 Å². The second-order valence-corrected chi connectivity index (χ2v) is 8.07. The van der Waals surface area contributed by atoms with Crippen molar-refractivity contribution in [3.8, 4) is 0 Å². The van der Waals surface area contributed by atoms with Crippen LogP contribution >= 0.6 is 0 Å². The third kappa shape index (κ3) is 3.53. The standard InChI is InChI=1S/C19H30N2O3/c1-15-10-17(20-24-15)11-21-8-6-18-19(13-21,7-3-9-23-18)14-22-12-16-4-2-5-16/h10,16,18H,2-9,11-14H2,1H3/t18-,19-/m0/s1. The average Bonchev–Trinajstić information content (AvgIpc) is 2.94. The van der Waals surface area contributed by atoms with Crippen molar-refractivity contribution in [2.24, 2.45) is 11.3 Å². The molecule has 0 radical (unpaired) electrons. The number of ether oxygens (including phenoxy) is 2. The molecule has 2 atom stereocenters. The molecule has 3 aliphatic rings. The number of hydrogen-bond acceptors (Lipinski definition) is 5. The first-order valence-electron chi connectivity index (χ1n) is 9.57. The largest absolute Gasteiger partial charge is 0.380 e. The summed E-state index contributed by atoms with van der Waals surface area (Å²) >= 11 is 0. The molecule has 5 heteroatoms. The first-order chi connectivity index (χ1) is 11.7. The summed E-state index contributed by atoms with van der Waals surface area (Å²) in [5.41, 5.74) is 1.20. The van der Waals surface area contributed by atoms with Gasteiger partial charge in [0.05, 0.1) is 18.4 Å². The van der Waals surface area contributed by atoms with Crippen LogP contribution in [0, 0.1) is 18.3 Å². The van der Waals surface area contributed by atoms with Crippen LogP contribution in [-0.4, -0.2) is 49.1 Å². The van der Waals surface area contributed by atoms with Gasteiger partial charge in [0.2, 0.25) is 0 Å². The van der Waals surface area contributed by atoms with Gasteiger partial charge in [0.1, 0.15) is 5.76 Å². The van der Waals surface area contributed by atoms with Crippen LogP contribution in [0.1, 0.15) is 50.0 Å². The zero-order valence-corrected chi connectivity index (χ0v) is 14.8. The minimum absolute atomic E-state index is 0.166. The van der Waals surface area contributed by atoms with E-state index in [9.17, 15) is 0 Å². The van der Waals surface area contributed by atoms with Gasteiger partial charge < -0.3 is 14.0 Å². The number of likely N-dealkylation sites (tertiary alicyclic amines) is 1. The molecule has 2 saturated heterocycles. The van der Waals surface area contributed by atoms with Gasteiger partial charge in [-0.05, 0) is 44.9 Å². The Kier molecular flexibility index (Phi) is 4.93. The molecule has 0 amide bonds. The van der Waals surface area contributed by atoms with Gasteiger partial charge in [0.25, 0.3) is 0 Å². The van der Waals surface area contributed by atoms with E-state index in [2.05, 4.69) is 10.1 Å². The number of fused-ring (bicyclic) bond motifs is 1. The van der Waals surface area contributed by atoms with Crippen LogP contribution in [0.15, 0.2) is 10.6 Å². The van der Waals surface area contributed by atoms with Gasteiger partial charge in [0.15, 0.2) is 0 Å². The van der Waals surface area contributed by atoms with Crippen LogP contribution < -0.4 is 0 Å². The Morgan fingerprint density at radius 3 is 3.00 bits per heavy atom. The Balaban J connectivity index is 1.38. The van der Waals surface area contributed by atoms with E-state index in [1.807, 2.05) is 13.0 Å². The van der Waals surface area contributed by atoms with Gasteiger partial charge in [-0.15, -0.1) is 0 Å². The zero-order chi connectivity index (χ0) is 16.4. The molecule has 5 nitrogen and oxygen atoms in total. The van der Waals surface area contributed by atoms with Crippen molar-refractivity contribution in [1.29, 1.82) is 0 Å². The van der Waals surface area contributed by atoms with E-state index in [0.717, 1.165) is 69.7 Å². The van der Waals surface area contributed by atoms with E-state index in [4.69, 9.17) is 14.0 Å². The lowest BCUT2D eigenvalue weighted by Gasteiger charge is -2.50. The number of hydrogen-bond donors (Lipinski definition) is 0. The van der Waals surface area contributed by atoms with Gasteiger partial charge in [0, 0.05) is 44.3 Å². The van der Waals surface area contributed by atoms with E-state index >= 15 is 0 Å². The molecule has 1 aromatic heterocycles. The van der Waals surface area contributed by atoms with Crippen molar-refractivity contribution in [1.82, 2.24) is 10.1 Å². The van der Waals surface area contributed by atoms with Crippen LogP contribution in [-0.2, 0) is 16.0 Å². The molecule has 0 spiro atoms. The van der Waals surface area contributed by atoms with Crippen molar-refractivity contribution in [2.45, 2.75) is 58.1 Å². The lowest BCUT2D eigenvalue weighted by molar-refractivity contribution is -0.157. The Labute approximate surface area is 144 Å². The minimum Gasteiger partial charge on any atom is -0.380 e. The summed E-state index contributed by atoms with van der Waals surface area (Å²) in [6.07, 6.45) is 7.92. The molecule has 1 saturated carbocycles. The topological polar surface area (TPSA) is 47.7 Å². The van der Waals surface area contributed by atoms with Crippen LogP contribution in [0.3, 0.4) is 0 Å². The summed E-state index contributed by atoms with van der Waals surface area (Å²) in [5, 5.41) is 4.16. The maximum absolute atomic E-state index is 6.20. The Bertz CT molecular complexity index is 542. The molecule has 3 fully saturated rings. The average molecular weight is 334 g/mol. The van der Waals surface area contributed by atoms with Gasteiger partial charge in [-0.25, -0.2) is 0 Å². The molecular weight excluding hydrogens is 304 g/mol. The minimum atomic E-state index is 0.166. The summed E-state index contributed by atoms with van der Waals surface area (Å²) in [6.45, 7) is 7.65. The van der Waals surface area contributed by atoms with E-state index in [-0.39, 0.29) is 5.41 Å². The van der Waals surface area contributed by atoms with Gasteiger partial charge in [-0.1, -0.05) is 11.6 Å². The van der Waals surface area contributed by atoms with Crippen molar-refractivity contribution < 1.29 is 14.0 Å². The fraction of sp³-hybridized carbons (Fsp3) is 0.842. The Morgan fingerprint density at radius 1 is 1.33 bits per heavy atom. The highest BCUT2D eigenvalue weighted by atomic mass is 16.5. The molecule has 0 aromatic carbocycles. The third-order valence-electron chi connectivity index (χ3n) is 6.10. The highest BCUT2D eigenvalue weighted by Crippen LogP contribution is 2.41. The molecule has 134 valence electrons. The predicted molar refractivity (Wildman–Crippen MR) is 90.7 cm³/mol. The van der Waals surface area contributed by atoms with Crippen molar-refractivity contribution in [3.05, 3.63) is 17.5 Å². The number of rotatable bonds is 6.